The molecule has 180 valence electrons. The molecule has 2 aromatic heterocycles. The third kappa shape index (κ3) is 5.05. The Kier molecular flexibility index (Phi) is 7.44. The molecule has 9 heteroatoms. The van der Waals surface area contributed by atoms with Gasteiger partial charge in [0.15, 0.2) is 5.69 Å². The van der Waals surface area contributed by atoms with Crippen molar-refractivity contribution >= 4 is 34.3 Å². The molecule has 1 aliphatic rings. The van der Waals surface area contributed by atoms with Crippen LogP contribution in [0.5, 0.6) is 0 Å². The highest BCUT2D eigenvalue weighted by Crippen LogP contribution is 2.34. The summed E-state index contributed by atoms with van der Waals surface area (Å²) >= 11 is 0. The summed E-state index contributed by atoms with van der Waals surface area (Å²) in [6, 6.07) is 11.7. The molecule has 4 rings (SSSR count). The summed E-state index contributed by atoms with van der Waals surface area (Å²) in [6.07, 6.45) is 2.63. The molecule has 1 amide bonds. The highest BCUT2D eigenvalue weighted by atomic mass is 16.5. The van der Waals surface area contributed by atoms with Crippen LogP contribution in [0.1, 0.15) is 35.8 Å². The standard InChI is InChI=1S/C25H30N4O5/c1-16(15-32-2)27-18-12-19-21(28-24(30)20-10-7-11-34-20)22(25(31)33-3)29(23(19)26-13-18)14-17-8-5-4-6-9-17/h4-6,8-9,12-13,16,20,27H,7,10-11,14-15H2,1-3H3,(H,28,30)/t16-,20+/m1/s1. The second-order valence-corrected chi connectivity index (χ2v) is 8.37. The zero-order valence-corrected chi connectivity index (χ0v) is 19.7. The molecule has 2 atom stereocenters. The van der Waals surface area contributed by atoms with E-state index in [1.165, 1.54) is 7.11 Å². The van der Waals surface area contributed by atoms with E-state index in [0.29, 0.717) is 42.9 Å². The third-order valence-electron chi connectivity index (χ3n) is 5.76. The molecule has 1 aromatic carbocycles. The monoisotopic (exact) mass is 466 g/mol. The zero-order chi connectivity index (χ0) is 24.1. The van der Waals surface area contributed by atoms with Crippen LogP contribution in [0.4, 0.5) is 11.4 Å². The molecule has 0 radical (unpaired) electrons. The number of nitrogens with zero attached hydrogens (tertiary/aromatic N) is 2. The lowest BCUT2D eigenvalue weighted by Crippen LogP contribution is -2.28. The van der Waals surface area contributed by atoms with E-state index in [9.17, 15) is 9.59 Å². The third-order valence-corrected chi connectivity index (χ3v) is 5.76. The first kappa shape index (κ1) is 23.7. The second kappa shape index (κ2) is 10.7. The largest absolute Gasteiger partial charge is 0.464 e. The summed E-state index contributed by atoms with van der Waals surface area (Å²) in [5.74, 6) is -0.841. The molecule has 1 saturated heterocycles. The molecule has 0 unspecified atom stereocenters. The maximum absolute atomic E-state index is 13.0. The van der Waals surface area contributed by atoms with Crippen molar-refractivity contribution in [3.63, 3.8) is 0 Å². The van der Waals surface area contributed by atoms with Crippen molar-refractivity contribution in [2.45, 2.75) is 38.5 Å². The van der Waals surface area contributed by atoms with Crippen molar-refractivity contribution in [3.05, 3.63) is 53.9 Å². The number of carbonyl (C=O) groups excluding carboxylic acids is 2. The fourth-order valence-electron chi connectivity index (χ4n) is 4.22. The van der Waals surface area contributed by atoms with Gasteiger partial charge in [0, 0.05) is 31.7 Å². The van der Waals surface area contributed by atoms with Crippen LogP contribution in [0.2, 0.25) is 0 Å². The highest BCUT2D eigenvalue weighted by Gasteiger charge is 2.30. The van der Waals surface area contributed by atoms with Crippen molar-refractivity contribution in [3.8, 4) is 0 Å². The van der Waals surface area contributed by atoms with Gasteiger partial charge in [-0.2, -0.15) is 0 Å². The fraction of sp³-hybridized carbons (Fsp3) is 0.400. The summed E-state index contributed by atoms with van der Waals surface area (Å²) in [5.41, 5.74) is 2.91. The lowest BCUT2D eigenvalue weighted by atomic mass is 10.2. The van der Waals surface area contributed by atoms with Gasteiger partial charge in [-0.1, -0.05) is 30.3 Å². The van der Waals surface area contributed by atoms with Gasteiger partial charge in [-0.25, -0.2) is 9.78 Å². The molecule has 3 heterocycles. The number of benzene rings is 1. The topological polar surface area (TPSA) is 104 Å². The Balaban J connectivity index is 1.83. The van der Waals surface area contributed by atoms with E-state index in [1.807, 2.05) is 43.3 Å². The Morgan fingerprint density at radius 3 is 2.74 bits per heavy atom. The van der Waals surface area contributed by atoms with Gasteiger partial charge in [-0.15, -0.1) is 0 Å². The van der Waals surface area contributed by atoms with Gasteiger partial charge in [-0.3, -0.25) is 4.79 Å². The first-order valence-corrected chi connectivity index (χ1v) is 11.3. The van der Waals surface area contributed by atoms with Crippen LogP contribution < -0.4 is 10.6 Å². The molecule has 3 aromatic rings. The summed E-state index contributed by atoms with van der Waals surface area (Å²) < 4.78 is 17.7. The predicted octanol–water partition coefficient (Wildman–Crippen LogP) is 3.44. The molecule has 34 heavy (non-hydrogen) atoms. The number of amides is 1. The van der Waals surface area contributed by atoms with Gasteiger partial charge in [0.05, 0.1) is 31.3 Å². The van der Waals surface area contributed by atoms with Gasteiger partial charge in [0.2, 0.25) is 0 Å². The van der Waals surface area contributed by atoms with Crippen molar-refractivity contribution in [1.29, 1.82) is 0 Å². The number of carbonyl (C=O) groups is 2. The first-order chi connectivity index (χ1) is 16.5. The Morgan fingerprint density at radius 1 is 1.26 bits per heavy atom. The molecular weight excluding hydrogens is 436 g/mol. The predicted molar refractivity (Wildman–Crippen MR) is 129 cm³/mol. The average molecular weight is 467 g/mol. The van der Waals surface area contributed by atoms with Crippen LogP contribution in [0.15, 0.2) is 42.6 Å². The number of rotatable bonds is 9. The minimum atomic E-state index is -0.557. The highest BCUT2D eigenvalue weighted by molar-refractivity contribution is 6.12. The number of esters is 1. The second-order valence-electron chi connectivity index (χ2n) is 8.37. The number of methoxy groups -OCH3 is 2. The van der Waals surface area contributed by atoms with Crippen LogP contribution in [0, 0.1) is 0 Å². The lowest BCUT2D eigenvalue weighted by molar-refractivity contribution is -0.124. The Hall–Kier alpha value is -3.43. The average Bonchev–Trinajstić information content (AvgIpc) is 3.47. The molecule has 1 aliphatic heterocycles. The van der Waals surface area contributed by atoms with Gasteiger partial charge in [0.1, 0.15) is 11.8 Å². The maximum atomic E-state index is 13.0. The smallest absolute Gasteiger partial charge is 0.356 e. The number of ether oxygens (including phenoxy) is 3. The van der Waals surface area contributed by atoms with Crippen LogP contribution in [0.25, 0.3) is 11.0 Å². The molecule has 0 saturated carbocycles. The van der Waals surface area contributed by atoms with E-state index < -0.39 is 12.1 Å². The van der Waals surface area contributed by atoms with E-state index >= 15 is 0 Å². The van der Waals surface area contributed by atoms with Crippen LogP contribution in [-0.4, -0.2) is 61.0 Å². The minimum absolute atomic E-state index is 0.0423. The van der Waals surface area contributed by atoms with Crippen molar-refractivity contribution in [2.75, 3.05) is 38.1 Å². The van der Waals surface area contributed by atoms with Gasteiger partial charge < -0.3 is 29.4 Å². The van der Waals surface area contributed by atoms with E-state index in [4.69, 9.17) is 14.2 Å². The van der Waals surface area contributed by atoms with Crippen molar-refractivity contribution in [1.82, 2.24) is 9.55 Å². The molecule has 9 nitrogen and oxygen atoms in total. The molecule has 2 N–H and O–H groups in total. The number of hydrogen-bond acceptors (Lipinski definition) is 7. The lowest BCUT2D eigenvalue weighted by Gasteiger charge is -2.14. The van der Waals surface area contributed by atoms with Crippen molar-refractivity contribution in [2.24, 2.45) is 0 Å². The van der Waals surface area contributed by atoms with E-state index in [-0.39, 0.29) is 17.6 Å². The van der Waals surface area contributed by atoms with Gasteiger partial charge >= 0.3 is 5.97 Å². The minimum Gasteiger partial charge on any atom is -0.464 e. The van der Waals surface area contributed by atoms with Crippen LogP contribution in [-0.2, 0) is 25.5 Å². The number of aromatic nitrogens is 2. The number of nitrogens with one attached hydrogen (secondary N) is 2. The summed E-state index contributed by atoms with van der Waals surface area (Å²) in [7, 11) is 2.97. The van der Waals surface area contributed by atoms with Crippen LogP contribution >= 0.6 is 0 Å². The number of pyridine rings is 1. The molecular formula is C25H30N4O5. The summed E-state index contributed by atoms with van der Waals surface area (Å²) in [6.45, 7) is 3.44. The summed E-state index contributed by atoms with van der Waals surface area (Å²) in [5, 5.41) is 6.92. The number of hydrogen-bond donors (Lipinski definition) is 2. The van der Waals surface area contributed by atoms with Gasteiger partial charge in [0.25, 0.3) is 5.91 Å². The van der Waals surface area contributed by atoms with Gasteiger partial charge in [-0.05, 0) is 31.4 Å². The number of fused-ring (bicyclic) bond motifs is 1. The van der Waals surface area contributed by atoms with E-state index in [2.05, 4.69) is 15.6 Å². The Labute approximate surface area is 198 Å². The molecule has 0 spiro atoms. The maximum Gasteiger partial charge on any atom is 0.356 e. The first-order valence-electron chi connectivity index (χ1n) is 11.3. The zero-order valence-electron chi connectivity index (χ0n) is 19.7. The molecule has 1 fully saturated rings. The quantitative estimate of drug-likeness (QED) is 0.466. The Morgan fingerprint density at radius 2 is 2.06 bits per heavy atom. The normalized spacial score (nSPS) is 16.4. The van der Waals surface area contributed by atoms with E-state index in [1.54, 1.807) is 17.9 Å². The van der Waals surface area contributed by atoms with Crippen molar-refractivity contribution < 1.29 is 23.8 Å². The number of anilines is 2. The van der Waals surface area contributed by atoms with E-state index in [0.717, 1.165) is 17.7 Å². The Bertz CT molecular complexity index is 1160. The molecule has 0 bridgehead atoms. The molecule has 0 aliphatic carbocycles. The SMILES string of the molecule is COC[C@@H](C)Nc1cnc2c(c1)c(NC(=O)[C@@H]1CCCO1)c(C(=O)OC)n2Cc1ccccc1. The summed E-state index contributed by atoms with van der Waals surface area (Å²) in [4.78, 5) is 30.6. The van der Waals surface area contributed by atoms with Crippen LogP contribution in [0.3, 0.4) is 0 Å². The fourth-order valence-corrected chi connectivity index (χ4v) is 4.22.